The average molecular weight is 334 g/mol. The Labute approximate surface area is 141 Å². The van der Waals surface area contributed by atoms with Crippen molar-refractivity contribution in [3.63, 3.8) is 0 Å². The Morgan fingerprint density at radius 3 is 2.87 bits per heavy atom. The first kappa shape index (κ1) is 16.1. The van der Waals surface area contributed by atoms with Crippen LogP contribution >= 0.6 is 11.6 Å². The zero-order valence-corrected chi connectivity index (χ0v) is 14.2. The van der Waals surface area contributed by atoms with E-state index in [4.69, 9.17) is 21.6 Å². The molecule has 0 radical (unpaired) electrons. The predicted octanol–water partition coefficient (Wildman–Crippen LogP) is 3.00. The number of fused-ring (bicyclic) bond motifs is 1. The third-order valence-corrected chi connectivity index (χ3v) is 5.08. The fourth-order valence-corrected chi connectivity index (χ4v) is 3.49. The van der Waals surface area contributed by atoms with Gasteiger partial charge in [0, 0.05) is 6.54 Å². The number of benzene rings is 1. The molecular formula is C17H20ClN3O2. The molecule has 2 aliphatic rings. The van der Waals surface area contributed by atoms with Gasteiger partial charge in [0.1, 0.15) is 12.2 Å². The molecule has 1 aromatic carbocycles. The lowest BCUT2D eigenvalue weighted by atomic mass is 9.97. The van der Waals surface area contributed by atoms with Crippen LogP contribution in [0.15, 0.2) is 17.1 Å². The maximum absolute atomic E-state index is 10.2. The van der Waals surface area contributed by atoms with Gasteiger partial charge in [0.2, 0.25) is 0 Å². The van der Waals surface area contributed by atoms with Gasteiger partial charge in [0.25, 0.3) is 6.02 Å². The molecule has 23 heavy (non-hydrogen) atoms. The molecule has 122 valence electrons. The summed E-state index contributed by atoms with van der Waals surface area (Å²) in [6.07, 6.45) is 0.268. The summed E-state index contributed by atoms with van der Waals surface area (Å²) in [6.45, 7) is 6.74. The van der Waals surface area contributed by atoms with Crippen LogP contribution in [0.5, 0.6) is 0 Å². The first-order valence-corrected chi connectivity index (χ1v) is 8.21. The Kier molecular flexibility index (Phi) is 4.22. The molecule has 2 heterocycles. The minimum atomic E-state index is -0.388. The fraction of sp³-hybridized carbons (Fsp3) is 0.529. The van der Waals surface area contributed by atoms with Crippen molar-refractivity contribution in [1.29, 1.82) is 5.26 Å². The number of ether oxygens (including phenoxy) is 1. The molecule has 3 rings (SSSR count). The number of halogens is 1. The van der Waals surface area contributed by atoms with Gasteiger partial charge in [0.15, 0.2) is 0 Å². The molecule has 1 N–H and O–H groups in total. The van der Waals surface area contributed by atoms with Crippen molar-refractivity contribution in [2.75, 3.05) is 6.54 Å². The van der Waals surface area contributed by atoms with Gasteiger partial charge in [-0.3, -0.25) is 0 Å². The van der Waals surface area contributed by atoms with E-state index >= 15 is 0 Å². The highest BCUT2D eigenvalue weighted by molar-refractivity contribution is 6.32. The number of amidine groups is 1. The normalized spacial score (nSPS) is 28.1. The number of aliphatic hydroxyl groups excluding tert-OH is 1. The number of hydrogen-bond donors (Lipinski definition) is 1. The second kappa shape index (κ2) is 6.03. The van der Waals surface area contributed by atoms with Crippen molar-refractivity contribution in [3.05, 3.63) is 28.3 Å². The Balaban J connectivity index is 1.98. The highest BCUT2D eigenvalue weighted by Gasteiger charge is 2.49. The predicted molar refractivity (Wildman–Crippen MR) is 88.8 cm³/mol. The van der Waals surface area contributed by atoms with Gasteiger partial charge < -0.3 is 14.7 Å². The van der Waals surface area contributed by atoms with Gasteiger partial charge in [-0.25, -0.2) is 0 Å². The van der Waals surface area contributed by atoms with Crippen LogP contribution < -0.4 is 0 Å². The second-order valence-corrected chi connectivity index (χ2v) is 6.82. The van der Waals surface area contributed by atoms with Gasteiger partial charge >= 0.3 is 0 Å². The van der Waals surface area contributed by atoms with Crippen LogP contribution in [0.2, 0.25) is 5.02 Å². The number of rotatable bonds is 2. The van der Waals surface area contributed by atoms with Crippen LogP contribution in [0.3, 0.4) is 0 Å². The van der Waals surface area contributed by atoms with Crippen LogP contribution in [0.1, 0.15) is 31.4 Å². The molecule has 2 fully saturated rings. The van der Waals surface area contributed by atoms with E-state index < -0.39 is 0 Å². The zero-order chi connectivity index (χ0) is 16.7. The third kappa shape index (κ3) is 2.66. The molecule has 1 aromatic rings. The Morgan fingerprint density at radius 2 is 2.22 bits per heavy atom. The van der Waals surface area contributed by atoms with Crippen molar-refractivity contribution in [1.82, 2.24) is 4.90 Å². The monoisotopic (exact) mass is 333 g/mol. The SMILES string of the molecule is Cc1c(N=C2OC(C(C)C)[C@@H]3C(O)CCN23)ccc(C#N)c1Cl. The molecule has 2 saturated heterocycles. The fourth-order valence-electron chi connectivity index (χ4n) is 3.28. The summed E-state index contributed by atoms with van der Waals surface area (Å²) in [5.74, 6) is 0.286. The van der Waals surface area contributed by atoms with Gasteiger partial charge in [0.05, 0.1) is 28.4 Å². The summed E-state index contributed by atoms with van der Waals surface area (Å²) < 4.78 is 6.02. The summed E-state index contributed by atoms with van der Waals surface area (Å²) in [6, 6.07) is 6.01. The Bertz CT molecular complexity index is 696. The number of nitriles is 1. The van der Waals surface area contributed by atoms with Crippen molar-refractivity contribution in [2.24, 2.45) is 10.9 Å². The van der Waals surface area contributed by atoms with Gasteiger partial charge in [-0.05, 0) is 37.0 Å². The lowest BCUT2D eigenvalue weighted by molar-refractivity contribution is 0.0672. The van der Waals surface area contributed by atoms with Crippen LogP contribution in [0, 0.1) is 24.2 Å². The van der Waals surface area contributed by atoms with Crippen LogP contribution in [0.25, 0.3) is 0 Å². The van der Waals surface area contributed by atoms with E-state index in [0.717, 1.165) is 18.5 Å². The van der Waals surface area contributed by atoms with Gasteiger partial charge in [-0.2, -0.15) is 10.3 Å². The average Bonchev–Trinajstić information content (AvgIpc) is 3.06. The van der Waals surface area contributed by atoms with Gasteiger partial charge in [-0.1, -0.05) is 25.4 Å². The van der Waals surface area contributed by atoms with Crippen molar-refractivity contribution in [2.45, 2.75) is 45.4 Å². The maximum Gasteiger partial charge on any atom is 0.293 e. The van der Waals surface area contributed by atoms with E-state index in [1.807, 2.05) is 11.8 Å². The molecule has 0 saturated carbocycles. The molecule has 2 aliphatic heterocycles. The summed E-state index contributed by atoms with van der Waals surface area (Å²) >= 11 is 6.21. The minimum Gasteiger partial charge on any atom is -0.459 e. The van der Waals surface area contributed by atoms with Crippen LogP contribution in [0.4, 0.5) is 5.69 Å². The standard InChI is InChI=1S/C17H20ClN3O2/c1-9(2)16-15-13(22)6-7-21(15)17(23-16)20-12-5-4-11(8-19)14(18)10(12)3/h4-5,9,13,15-16,22H,6-7H2,1-3H3/t13?,15-,16?/m0/s1. The highest BCUT2D eigenvalue weighted by atomic mass is 35.5. The molecule has 3 atom stereocenters. The molecule has 2 unspecified atom stereocenters. The van der Waals surface area contributed by atoms with E-state index in [-0.39, 0.29) is 24.2 Å². The molecule has 6 heteroatoms. The lowest BCUT2D eigenvalue weighted by Crippen LogP contribution is -2.40. The molecule has 0 bridgehead atoms. The van der Waals surface area contributed by atoms with Crippen molar-refractivity contribution in [3.8, 4) is 6.07 Å². The first-order chi connectivity index (χ1) is 10.9. The van der Waals surface area contributed by atoms with Crippen LogP contribution in [-0.2, 0) is 4.74 Å². The minimum absolute atomic E-state index is 0.0390. The largest absolute Gasteiger partial charge is 0.459 e. The maximum atomic E-state index is 10.2. The number of aliphatic hydroxyl groups is 1. The molecular weight excluding hydrogens is 314 g/mol. The summed E-state index contributed by atoms with van der Waals surface area (Å²) in [5.41, 5.74) is 1.88. The van der Waals surface area contributed by atoms with E-state index in [2.05, 4.69) is 24.9 Å². The number of nitrogens with zero attached hydrogens (tertiary/aromatic N) is 3. The third-order valence-electron chi connectivity index (χ3n) is 4.60. The number of aliphatic imine (C=N–C) groups is 1. The van der Waals surface area contributed by atoms with E-state index in [9.17, 15) is 5.11 Å². The Hall–Kier alpha value is -1.77. The van der Waals surface area contributed by atoms with Crippen LogP contribution in [-0.4, -0.2) is 40.8 Å². The molecule has 0 spiro atoms. The quantitative estimate of drug-likeness (QED) is 0.903. The highest BCUT2D eigenvalue weighted by Crippen LogP contribution is 2.36. The Morgan fingerprint density at radius 1 is 1.48 bits per heavy atom. The smallest absolute Gasteiger partial charge is 0.293 e. The second-order valence-electron chi connectivity index (χ2n) is 6.44. The molecule has 0 amide bonds. The molecule has 0 aliphatic carbocycles. The van der Waals surface area contributed by atoms with E-state index in [0.29, 0.717) is 22.3 Å². The molecule has 5 nitrogen and oxygen atoms in total. The first-order valence-electron chi connectivity index (χ1n) is 7.83. The van der Waals surface area contributed by atoms with E-state index in [1.54, 1.807) is 12.1 Å². The van der Waals surface area contributed by atoms with Gasteiger partial charge in [-0.15, -0.1) is 0 Å². The lowest BCUT2D eigenvalue weighted by Gasteiger charge is -2.22. The zero-order valence-electron chi connectivity index (χ0n) is 13.5. The topological polar surface area (TPSA) is 68.8 Å². The van der Waals surface area contributed by atoms with Crippen molar-refractivity contribution < 1.29 is 9.84 Å². The summed E-state index contributed by atoms with van der Waals surface area (Å²) in [7, 11) is 0. The summed E-state index contributed by atoms with van der Waals surface area (Å²) in [4.78, 5) is 6.66. The number of hydrogen-bond acceptors (Lipinski definition) is 4. The van der Waals surface area contributed by atoms with E-state index in [1.165, 1.54) is 0 Å². The summed E-state index contributed by atoms with van der Waals surface area (Å²) in [5, 5.41) is 19.7. The van der Waals surface area contributed by atoms with Crippen molar-refractivity contribution >= 4 is 23.3 Å². The molecule has 0 aromatic heterocycles.